The second kappa shape index (κ2) is 7.69. The highest BCUT2D eigenvalue weighted by molar-refractivity contribution is 7.13. The maximum absolute atomic E-state index is 12.2. The normalized spacial score (nSPS) is 10.0. The third kappa shape index (κ3) is 3.77. The molecule has 7 nitrogen and oxygen atoms in total. The van der Waals surface area contributed by atoms with Crippen LogP contribution in [-0.4, -0.2) is 33.1 Å². The van der Waals surface area contributed by atoms with Crippen LogP contribution in [0.15, 0.2) is 24.3 Å². The van der Waals surface area contributed by atoms with E-state index in [0.29, 0.717) is 22.1 Å². The monoisotopic (exact) mass is 350 g/mol. The number of hydrogen-bond acceptors (Lipinski definition) is 6. The minimum atomic E-state index is -0.504. The Morgan fingerprint density at radius 1 is 0.917 bits per heavy atom. The summed E-state index contributed by atoms with van der Waals surface area (Å²) in [6.07, 6.45) is 0. The number of methoxy groups -OCH3 is 3. The molecule has 1 heterocycles. The maximum atomic E-state index is 12.2. The molecule has 24 heavy (non-hydrogen) atoms. The summed E-state index contributed by atoms with van der Waals surface area (Å²) in [4.78, 5) is 25.7. The first-order valence-electron chi connectivity index (χ1n) is 6.97. The summed E-state index contributed by atoms with van der Waals surface area (Å²) >= 11 is 1.34. The molecular formula is C16H18N2O5S. The van der Waals surface area contributed by atoms with E-state index in [4.69, 9.17) is 14.2 Å². The van der Waals surface area contributed by atoms with Crippen LogP contribution in [0.2, 0.25) is 0 Å². The molecule has 2 aromatic rings. The molecule has 2 N–H and O–H groups in total. The lowest BCUT2D eigenvalue weighted by atomic mass is 10.1. The number of rotatable bonds is 5. The number of benzene rings is 1. The molecule has 2 rings (SSSR count). The molecule has 0 aliphatic carbocycles. The smallest absolute Gasteiger partial charge is 0.279 e. The van der Waals surface area contributed by atoms with E-state index in [1.54, 1.807) is 6.07 Å². The zero-order valence-electron chi connectivity index (χ0n) is 13.8. The van der Waals surface area contributed by atoms with Gasteiger partial charge in [-0.25, -0.2) is 0 Å². The SMILES string of the molecule is COc1cc(C(=O)NNC(=O)c2ccc(C)s2)cc(OC)c1OC. The van der Waals surface area contributed by atoms with Gasteiger partial charge >= 0.3 is 0 Å². The fourth-order valence-electron chi connectivity index (χ4n) is 2.02. The van der Waals surface area contributed by atoms with Crippen molar-refractivity contribution in [1.29, 1.82) is 0 Å². The van der Waals surface area contributed by atoms with Crippen molar-refractivity contribution in [2.75, 3.05) is 21.3 Å². The number of nitrogens with one attached hydrogen (secondary N) is 2. The van der Waals surface area contributed by atoms with E-state index in [-0.39, 0.29) is 11.5 Å². The van der Waals surface area contributed by atoms with Gasteiger partial charge in [0.05, 0.1) is 26.2 Å². The van der Waals surface area contributed by atoms with Gasteiger partial charge in [0, 0.05) is 10.4 Å². The second-order valence-electron chi connectivity index (χ2n) is 4.73. The van der Waals surface area contributed by atoms with Gasteiger partial charge in [0.1, 0.15) is 0 Å². The zero-order chi connectivity index (χ0) is 17.7. The van der Waals surface area contributed by atoms with Crippen LogP contribution in [0.4, 0.5) is 0 Å². The van der Waals surface area contributed by atoms with Crippen molar-refractivity contribution >= 4 is 23.2 Å². The molecule has 0 aliphatic heterocycles. The number of ether oxygens (including phenoxy) is 3. The second-order valence-corrected chi connectivity index (χ2v) is 6.02. The molecule has 8 heteroatoms. The summed E-state index contributed by atoms with van der Waals surface area (Å²) in [5.74, 6) is 0.198. The van der Waals surface area contributed by atoms with Gasteiger partial charge in [-0.3, -0.25) is 20.4 Å². The average molecular weight is 350 g/mol. The Labute approximate surface area is 143 Å². The van der Waals surface area contributed by atoms with Crippen molar-refractivity contribution in [3.8, 4) is 17.2 Å². The molecule has 0 radical (unpaired) electrons. The fourth-order valence-corrected chi connectivity index (χ4v) is 2.78. The molecule has 0 aliphatic rings. The van der Waals surface area contributed by atoms with Crippen molar-refractivity contribution < 1.29 is 23.8 Å². The molecule has 2 amide bonds. The first-order valence-corrected chi connectivity index (χ1v) is 7.79. The van der Waals surface area contributed by atoms with Gasteiger partial charge in [-0.05, 0) is 31.2 Å². The van der Waals surface area contributed by atoms with Gasteiger partial charge in [0.2, 0.25) is 5.75 Å². The van der Waals surface area contributed by atoms with Crippen LogP contribution in [0, 0.1) is 6.92 Å². The van der Waals surface area contributed by atoms with Crippen molar-refractivity contribution in [1.82, 2.24) is 10.9 Å². The molecule has 0 saturated carbocycles. The summed E-state index contributed by atoms with van der Waals surface area (Å²) < 4.78 is 15.6. The highest BCUT2D eigenvalue weighted by Crippen LogP contribution is 2.38. The van der Waals surface area contributed by atoms with Crippen molar-refractivity contribution in [3.05, 3.63) is 39.6 Å². The first kappa shape index (κ1) is 17.6. The van der Waals surface area contributed by atoms with Crippen LogP contribution < -0.4 is 25.1 Å². The Kier molecular flexibility index (Phi) is 5.64. The highest BCUT2D eigenvalue weighted by Gasteiger charge is 2.17. The van der Waals surface area contributed by atoms with E-state index in [1.807, 2.05) is 13.0 Å². The number of hydrogen-bond donors (Lipinski definition) is 2. The molecular weight excluding hydrogens is 332 g/mol. The lowest BCUT2D eigenvalue weighted by Gasteiger charge is -2.14. The van der Waals surface area contributed by atoms with Crippen LogP contribution in [0.1, 0.15) is 24.9 Å². The maximum Gasteiger partial charge on any atom is 0.279 e. The predicted octanol–water partition coefficient (Wildman–Crippen LogP) is 2.16. The topological polar surface area (TPSA) is 85.9 Å². The van der Waals surface area contributed by atoms with E-state index < -0.39 is 5.91 Å². The lowest BCUT2D eigenvalue weighted by molar-refractivity contribution is 0.0848. The molecule has 1 aromatic carbocycles. The summed E-state index contributed by atoms with van der Waals surface area (Å²) in [6, 6.07) is 6.53. The van der Waals surface area contributed by atoms with Crippen LogP contribution in [0.25, 0.3) is 0 Å². The Morgan fingerprint density at radius 2 is 1.50 bits per heavy atom. The van der Waals surface area contributed by atoms with Gasteiger partial charge in [0.15, 0.2) is 11.5 Å². The number of hydrazine groups is 1. The molecule has 0 saturated heterocycles. The first-order chi connectivity index (χ1) is 11.5. The number of carbonyl (C=O) groups excluding carboxylic acids is 2. The third-order valence-electron chi connectivity index (χ3n) is 3.18. The zero-order valence-corrected chi connectivity index (χ0v) is 14.6. The minimum absolute atomic E-state index is 0.257. The highest BCUT2D eigenvalue weighted by atomic mass is 32.1. The average Bonchev–Trinajstić information content (AvgIpc) is 3.04. The van der Waals surface area contributed by atoms with E-state index in [9.17, 15) is 9.59 Å². The Morgan fingerprint density at radius 3 is 1.96 bits per heavy atom. The van der Waals surface area contributed by atoms with Crippen LogP contribution >= 0.6 is 11.3 Å². The van der Waals surface area contributed by atoms with E-state index >= 15 is 0 Å². The van der Waals surface area contributed by atoms with Gasteiger partial charge < -0.3 is 14.2 Å². The van der Waals surface area contributed by atoms with Gasteiger partial charge in [-0.2, -0.15) is 0 Å². The molecule has 0 unspecified atom stereocenters. The van der Waals surface area contributed by atoms with Gasteiger partial charge in [-0.15, -0.1) is 11.3 Å². The molecule has 0 fully saturated rings. The number of thiophene rings is 1. The fraction of sp³-hybridized carbons (Fsp3) is 0.250. The summed E-state index contributed by atoms with van der Waals surface area (Å²) in [5, 5.41) is 0. The van der Waals surface area contributed by atoms with Crippen molar-refractivity contribution in [2.24, 2.45) is 0 Å². The quantitative estimate of drug-likeness (QED) is 0.807. The van der Waals surface area contributed by atoms with Gasteiger partial charge in [-0.1, -0.05) is 0 Å². The minimum Gasteiger partial charge on any atom is -0.493 e. The molecule has 0 atom stereocenters. The number of aryl methyl sites for hydroxylation is 1. The molecule has 0 bridgehead atoms. The van der Waals surface area contributed by atoms with E-state index in [2.05, 4.69) is 10.9 Å². The Balaban J connectivity index is 2.13. The van der Waals surface area contributed by atoms with E-state index in [0.717, 1.165) is 4.88 Å². The molecule has 128 valence electrons. The molecule has 1 aromatic heterocycles. The van der Waals surface area contributed by atoms with Crippen LogP contribution in [-0.2, 0) is 0 Å². The summed E-state index contributed by atoms with van der Waals surface area (Å²) in [5.41, 5.74) is 4.99. The largest absolute Gasteiger partial charge is 0.493 e. The standard InChI is InChI=1S/C16H18N2O5S/c1-9-5-6-13(24-9)16(20)18-17-15(19)10-7-11(21-2)14(23-4)12(8-10)22-3/h5-8H,1-4H3,(H,17,19)(H,18,20). The number of carbonyl (C=O) groups is 2. The Bertz CT molecular complexity index is 732. The lowest BCUT2D eigenvalue weighted by Crippen LogP contribution is -2.41. The Hall–Kier alpha value is -2.74. The number of amides is 2. The third-order valence-corrected chi connectivity index (χ3v) is 4.18. The van der Waals surface area contributed by atoms with Crippen LogP contribution in [0.3, 0.4) is 0 Å². The summed E-state index contributed by atoms with van der Waals surface area (Å²) in [7, 11) is 4.39. The predicted molar refractivity (Wildman–Crippen MR) is 90.1 cm³/mol. The van der Waals surface area contributed by atoms with Gasteiger partial charge in [0.25, 0.3) is 11.8 Å². The van der Waals surface area contributed by atoms with Crippen molar-refractivity contribution in [2.45, 2.75) is 6.92 Å². The van der Waals surface area contributed by atoms with E-state index in [1.165, 1.54) is 44.8 Å². The van der Waals surface area contributed by atoms with Crippen LogP contribution in [0.5, 0.6) is 17.2 Å². The summed E-state index contributed by atoms with van der Waals surface area (Å²) in [6.45, 7) is 1.90. The van der Waals surface area contributed by atoms with Crippen molar-refractivity contribution in [3.63, 3.8) is 0 Å². The molecule has 0 spiro atoms.